The van der Waals surface area contributed by atoms with Gasteiger partial charge in [0.1, 0.15) is 5.69 Å². The largest absolute Gasteiger partial charge is 0.325 e. The SMILES string of the molecule is CC(C)CC(=O)Nc1cncc(-c2ccc3n[nH]c(C#Cc4ccccc4Cl)c3c2)c1. The van der Waals surface area contributed by atoms with Gasteiger partial charge >= 0.3 is 0 Å². The summed E-state index contributed by atoms with van der Waals surface area (Å²) in [6, 6.07) is 15.3. The van der Waals surface area contributed by atoms with E-state index in [0.717, 1.165) is 27.6 Å². The molecule has 2 N–H and O–H groups in total. The van der Waals surface area contributed by atoms with Crippen molar-refractivity contribution in [3.63, 3.8) is 0 Å². The molecule has 0 unspecified atom stereocenters. The van der Waals surface area contributed by atoms with E-state index in [0.29, 0.717) is 28.7 Å². The molecule has 0 bridgehead atoms. The predicted octanol–water partition coefficient (Wildman–Crippen LogP) is 5.66. The van der Waals surface area contributed by atoms with Crippen LogP contribution in [0.3, 0.4) is 0 Å². The molecule has 2 heterocycles. The average Bonchev–Trinajstić information content (AvgIpc) is 3.15. The number of nitrogens with one attached hydrogen (secondary N) is 2. The zero-order chi connectivity index (χ0) is 21.8. The van der Waals surface area contributed by atoms with Crippen molar-refractivity contribution in [1.82, 2.24) is 15.2 Å². The number of anilines is 1. The second-order valence-electron chi connectivity index (χ2n) is 7.67. The van der Waals surface area contributed by atoms with Gasteiger partial charge in [0.05, 0.1) is 22.4 Å². The standard InChI is InChI=1S/C25H21ClN4O/c1-16(2)11-25(31)28-20-12-19(14-27-15-20)18-8-10-24-21(13-18)23(29-30-24)9-7-17-5-3-4-6-22(17)26/h3-6,8,10,12-16H,11H2,1-2H3,(H,28,31)(H,29,30). The van der Waals surface area contributed by atoms with Crippen LogP contribution < -0.4 is 5.32 Å². The van der Waals surface area contributed by atoms with Gasteiger partial charge in [-0.2, -0.15) is 5.10 Å². The molecule has 4 rings (SSSR count). The average molecular weight is 429 g/mol. The molecule has 0 aliphatic rings. The molecule has 4 aromatic rings. The van der Waals surface area contributed by atoms with E-state index in [1.807, 2.05) is 62.4 Å². The van der Waals surface area contributed by atoms with Crippen molar-refractivity contribution in [3.8, 4) is 23.0 Å². The van der Waals surface area contributed by atoms with Crippen molar-refractivity contribution >= 4 is 34.1 Å². The van der Waals surface area contributed by atoms with E-state index in [1.54, 1.807) is 12.4 Å². The fourth-order valence-corrected chi connectivity index (χ4v) is 3.41. The maximum absolute atomic E-state index is 12.1. The summed E-state index contributed by atoms with van der Waals surface area (Å²) in [6.45, 7) is 4.03. The monoisotopic (exact) mass is 428 g/mol. The molecule has 0 aliphatic heterocycles. The second-order valence-corrected chi connectivity index (χ2v) is 8.08. The van der Waals surface area contributed by atoms with Crippen LogP contribution in [-0.2, 0) is 4.79 Å². The number of fused-ring (bicyclic) bond motifs is 1. The van der Waals surface area contributed by atoms with Crippen LogP contribution in [0, 0.1) is 17.8 Å². The Bertz CT molecular complexity index is 1310. The second kappa shape index (κ2) is 9.03. The maximum Gasteiger partial charge on any atom is 0.224 e. The van der Waals surface area contributed by atoms with Crippen molar-refractivity contribution in [3.05, 3.63) is 77.2 Å². The van der Waals surface area contributed by atoms with E-state index in [9.17, 15) is 4.79 Å². The highest BCUT2D eigenvalue weighted by molar-refractivity contribution is 6.31. The number of aromatic amines is 1. The highest BCUT2D eigenvalue weighted by Gasteiger charge is 2.09. The van der Waals surface area contributed by atoms with Gasteiger partial charge in [0, 0.05) is 29.1 Å². The first kappa shape index (κ1) is 20.6. The van der Waals surface area contributed by atoms with Crippen molar-refractivity contribution in [2.45, 2.75) is 20.3 Å². The molecule has 154 valence electrons. The minimum Gasteiger partial charge on any atom is -0.325 e. The van der Waals surface area contributed by atoms with Gasteiger partial charge in [-0.05, 0) is 47.7 Å². The molecule has 0 saturated heterocycles. The summed E-state index contributed by atoms with van der Waals surface area (Å²) in [5, 5.41) is 11.8. The maximum atomic E-state index is 12.1. The molecular weight excluding hydrogens is 408 g/mol. The number of benzene rings is 2. The first-order chi connectivity index (χ1) is 15.0. The lowest BCUT2D eigenvalue weighted by molar-refractivity contribution is -0.116. The summed E-state index contributed by atoms with van der Waals surface area (Å²) in [7, 11) is 0. The fraction of sp³-hybridized carbons (Fsp3) is 0.160. The van der Waals surface area contributed by atoms with Crippen LogP contribution in [0.1, 0.15) is 31.5 Å². The highest BCUT2D eigenvalue weighted by atomic mass is 35.5. The summed E-state index contributed by atoms with van der Waals surface area (Å²) in [6.07, 6.45) is 3.89. The Morgan fingerprint density at radius 1 is 1.10 bits per heavy atom. The van der Waals surface area contributed by atoms with Crippen LogP contribution in [0.25, 0.3) is 22.0 Å². The topological polar surface area (TPSA) is 70.7 Å². The highest BCUT2D eigenvalue weighted by Crippen LogP contribution is 2.26. The van der Waals surface area contributed by atoms with Gasteiger partial charge in [0.2, 0.25) is 5.91 Å². The number of rotatable bonds is 4. The van der Waals surface area contributed by atoms with Crippen LogP contribution in [-0.4, -0.2) is 21.1 Å². The molecule has 6 heteroatoms. The van der Waals surface area contributed by atoms with Crippen molar-refractivity contribution < 1.29 is 4.79 Å². The number of hydrogen-bond donors (Lipinski definition) is 2. The van der Waals surface area contributed by atoms with Crippen LogP contribution in [0.4, 0.5) is 5.69 Å². The molecule has 5 nitrogen and oxygen atoms in total. The van der Waals surface area contributed by atoms with Gasteiger partial charge < -0.3 is 5.32 Å². The normalized spacial score (nSPS) is 10.7. The molecule has 1 amide bonds. The Kier molecular flexibility index (Phi) is 6.01. The number of carbonyl (C=O) groups excluding carboxylic acids is 1. The molecule has 2 aromatic carbocycles. The Hall–Kier alpha value is -3.62. The number of halogens is 1. The smallest absolute Gasteiger partial charge is 0.224 e. The van der Waals surface area contributed by atoms with Crippen LogP contribution >= 0.6 is 11.6 Å². The first-order valence-electron chi connectivity index (χ1n) is 9.99. The summed E-state index contributed by atoms with van der Waals surface area (Å²) >= 11 is 6.20. The van der Waals surface area contributed by atoms with Gasteiger partial charge in [-0.3, -0.25) is 14.9 Å². The molecule has 0 aliphatic carbocycles. The summed E-state index contributed by atoms with van der Waals surface area (Å²) in [5.74, 6) is 6.51. The molecule has 0 fully saturated rings. The predicted molar refractivity (Wildman–Crippen MR) is 125 cm³/mol. The Morgan fingerprint density at radius 2 is 1.94 bits per heavy atom. The zero-order valence-corrected chi connectivity index (χ0v) is 18.0. The third-order valence-corrected chi connectivity index (χ3v) is 5.03. The minimum absolute atomic E-state index is 0.0172. The Labute approximate surface area is 185 Å². The first-order valence-corrected chi connectivity index (χ1v) is 10.4. The van der Waals surface area contributed by atoms with Gasteiger partial charge in [0.15, 0.2) is 0 Å². The third kappa shape index (κ3) is 4.93. The van der Waals surface area contributed by atoms with Crippen LogP contribution in [0.15, 0.2) is 60.9 Å². The van der Waals surface area contributed by atoms with E-state index >= 15 is 0 Å². The summed E-state index contributed by atoms with van der Waals surface area (Å²) < 4.78 is 0. The van der Waals surface area contributed by atoms with Crippen molar-refractivity contribution in [1.29, 1.82) is 0 Å². The van der Waals surface area contributed by atoms with E-state index in [1.165, 1.54) is 0 Å². The van der Waals surface area contributed by atoms with Crippen LogP contribution in [0.5, 0.6) is 0 Å². The zero-order valence-electron chi connectivity index (χ0n) is 17.2. The fourth-order valence-electron chi connectivity index (χ4n) is 3.23. The Balaban J connectivity index is 1.65. The van der Waals surface area contributed by atoms with Gasteiger partial charge in [0.25, 0.3) is 0 Å². The summed E-state index contributed by atoms with van der Waals surface area (Å²) in [5.41, 5.74) is 4.83. The minimum atomic E-state index is -0.0172. The molecule has 0 saturated carbocycles. The number of amides is 1. The summed E-state index contributed by atoms with van der Waals surface area (Å²) in [4.78, 5) is 16.4. The third-order valence-electron chi connectivity index (χ3n) is 4.70. The number of aromatic nitrogens is 3. The van der Waals surface area contributed by atoms with Gasteiger partial charge in [-0.15, -0.1) is 0 Å². The van der Waals surface area contributed by atoms with E-state index < -0.39 is 0 Å². The van der Waals surface area contributed by atoms with Crippen molar-refractivity contribution in [2.75, 3.05) is 5.32 Å². The van der Waals surface area contributed by atoms with Crippen molar-refractivity contribution in [2.24, 2.45) is 5.92 Å². The lowest BCUT2D eigenvalue weighted by Gasteiger charge is -2.08. The molecule has 2 aromatic heterocycles. The quantitative estimate of drug-likeness (QED) is 0.412. The van der Waals surface area contributed by atoms with Crippen LogP contribution in [0.2, 0.25) is 5.02 Å². The number of nitrogens with zero attached hydrogens (tertiary/aromatic N) is 2. The Morgan fingerprint density at radius 3 is 2.74 bits per heavy atom. The molecular formula is C25H21ClN4O. The van der Waals surface area contributed by atoms with Gasteiger partial charge in [-0.1, -0.05) is 49.6 Å². The lowest BCUT2D eigenvalue weighted by Crippen LogP contribution is -2.13. The number of hydrogen-bond acceptors (Lipinski definition) is 3. The van der Waals surface area contributed by atoms with E-state index in [-0.39, 0.29) is 5.91 Å². The molecule has 31 heavy (non-hydrogen) atoms. The molecule has 0 atom stereocenters. The van der Waals surface area contributed by atoms with Gasteiger partial charge in [-0.25, -0.2) is 0 Å². The molecule has 0 spiro atoms. The van der Waals surface area contributed by atoms with E-state index in [4.69, 9.17) is 11.6 Å². The number of H-pyrrole nitrogens is 1. The molecule has 0 radical (unpaired) electrons. The number of pyridine rings is 1. The number of carbonyl (C=O) groups is 1. The lowest BCUT2D eigenvalue weighted by atomic mass is 10.0. The van der Waals surface area contributed by atoms with E-state index in [2.05, 4.69) is 32.3 Å².